The van der Waals surface area contributed by atoms with Crippen molar-refractivity contribution >= 4 is 11.8 Å². The molecule has 1 aromatic heterocycles. The van der Waals surface area contributed by atoms with E-state index < -0.39 is 17.9 Å². The second-order valence-corrected chi connectivity index (χ2v) is 6.41. The number of hydrogen-bond donors (Lipinski definition) is 4. The molecular formula is C22H26N4O3. The standard InChI is InChI=1S/C21H22N4O3.CH4/c1-2-14-3-5-15(6-4-14)16-7-9-17(10-8-16)20(26)24-19(21(27)25-28)11-18-12-22-13-23-18;/h3-10,12-13,19,28H,2,11H2,1H3,(H,22,23)(H,24,26)(H,25,27);1H4/t19-;/m0./s1. The van der Waals surface area contributed by atoms with Crippen LogP contribution in [-0.4, -0.2) is 33.0 Å². The Morgan fingerprint density at radius 1 is 1.07 bits per heavy atom. The number of carbonyl (C=O) groups is 2. The molecule has 1 atom stereocenters. The van der Waals surface area contributed by atoms with E-state index in [2.05, 4.69) is 46.5 Å². The van der Waals surface area contributed by atoms with Gasteiger partial charge in [-0.15, -0.1) is 0 Å². The average molecular weight is 394 g/mol. The van der Waals surface area contributed by atoms with E-state index in [1.807, 2.05) is 12.1 Å². The number of aromatic amines is 1. The molecule has 4 N–H and O–H groups in total. The number of aryl methyl sites for hydroxylation is 1. The summed E-state index contributed by atoms with van der Waals surface area (Å²) < 4.78 is 0. The minimum Gasteiger partial charge on any atom is -0.348 e. The number of imidazole rings is 1. The first-order valence-corrected chi connectivity index (χ1v) is 9.02. The van der Waals surface area contributed by atoms with Gasteiger partial charge in [0.25, 0.3) is 11.8 Å². The van der Waals surface area contributed by atoms with Gasteiger partial charge in [-0.1, -0.05) is 50.7 Å². The fourth-order valence-corrected chi connectivity index (χ4v) is 2.89. The molecular weight excluding hydrogens is 368 g/mol. The van der Waals surface area contributed by atoms with E-state index in [0.717, 1.165) is 17.5 Å². The molecule has 0 aliphatic rings. The Morgan fingerprint density at radius 3 is 2.21 bits per heavy atom. The van der Waals surface area contributed by atoms with Crippen LogP contribution in [0.1, 0.15) is 36.0 Å². The molecule has 0 spiro atoms. The average Bonchev–Trinajstić information content (AvgIpc) is 3.26. The van der Waals surface area contributed by atoms with Gasteiger partial charge in [0.2, 0.25) is 0 Å². The van der Waals surface area contributed by atoms with E-state index >= 15 is 0 Å². The molecule has 0 unspecified atom stereocenters. The van der Waals surface area contributed by atoms with Gasteiger partial charge >= 0.3 is 0 Å². The summed E-state index contributed by atoms with van der Waals surface area (Å²) in [5, 5.41) is 11.6. The minimum absolute atomic E-state index is 0. The Hall–Kier alpha value is -3.45. The second-order valence-electron chi connectivity index (χ2n) is 6.41. The molecule has 3 rings (SSSR count). The number of amides is 2. The molecule has 0 bridgehead atoms. The fourth-order valence-electron chi connectivity index (χ4n) is 2.89. The van der Waals surface area contributed by atoms with E-state index in [9.17, 15) is 9.59 Å². The lowest BCUT2D eigenvalue weighted by molar-refractivity contribution is -0.131. The molecule has 7 heteroatoms. The Bertz CT molecular complexity index is 920. The number of nitrogens with zero attached hydrogens (tertiary/aromatic N) is 1. The summed E-state index contributed by atoms with van der Waals surface area (Å²) in [6.07, 6.45) is 4.21. The molecule has 0 aliphatic heterocycles. The lowest BCUT2D eigenvalue weighted by Crippen LogP contribution is -2.47. The third-order valence-electron chi connectivity index (χ3n) is 4.55. The number of aromatic nitrogens is 2. The van der Waals surface area contributed by atoms with Crippen molar-refractivity contribution in [1.82, 2.24) is 20.8 Å². The first kappa shape index (κ1) is 21.8. The van der Waals surface area contributed by atoms with Crippen LogP contribution in [0.15, 0.2) is 61.1 Å². The van der Waals surface area contributed by atoms with E-state index in [1.54, 1.807) is 23.8 Å². The number of hydroxylamine groups is 1. The highest BCUT2D eigenvalue weighted by Crippen LogP contribution is 2.20. The summed E-state index contributed by atoms with van der Waals surface area (Å²) in [6, 6.07) is 14.5. The zero-order valence-electron chi connectivity index (χ0n) is 15.5. The number of rotatable bonds is 7. The molecule has 0 saturated carbocycles. The molecule has 0 fully saturated rings. The Morgan fingerprint density at radius 2 is 1.69 bits per heavy atom. The first-order valence-electron chi connectivity index (χ1n) is 9.02. The monoisotopic (exact) mass is 394 g/mol. The highest BCUT2D eigenvalue weighted by atomic mass is 16.5. The Balaban J connectivity index is 0.00000300. The molecule has 0 aliphatic carbocycles. The van der Waals surface area contributed by atoms with E-state index in [4.69, 9.17) is 5.21 Å². The highest BCUT2D eigenvalue weighted by molar-refractivity contribution is 5.97. The van der Waals surface area contributed by atoms with Crippen LogP contribution in [0.3, 0.4) is 0 Å². The summed E-state index contributed by atoms with van der Waals surface area (Å²) in [4.78, 5) is 31.2. The van der Waals surface area contributed by atoms with Gasteiger partial charge in [0.15, 0.2) is 0 Å². The maximum Gasteiger partial charge on any atom is 0.266 e. The lowest BCUT2D eigenvalue weighted by Gasteiger charge is -2.16. The highest BCUT2D eigenvalue weighted by Gasteiger charge is 2.22. The SMILES string of the molecule is C.CCc1ccc(-c2ccc(C(=O)N[C@@H](Cc3cnc[nH]3)C(=O)NO)cc2)cc1. The van der Waals surface area contributed by atoms with E-state index in [0.29, 0.717) is 11.3 Å². The molecule has 0 saturated heterocycles. The smallest absolute Gasteiger partial charge is 0.266 e. The van der Waals surface area contributed by atoms with Crippen LogP contribution in [0.25, 0.3) is 11.1 Å². The van der Waals surface area contributed by atoms with Crippen LogP contribution in [0, 0.1) is 0 Å². The van der Waals surface area contributed by atoms with Crippen LogP contribution in [-0.2, 0) is 17.6 Å². The molecule has 29 heavy (non-hydrogen) atoms. The zero-order valence-corrected chi connectivity index (χ0v) is 15.5. The molecule has 2 amide bonds. The van der Waals surface area contributed by atoms with Crippen molar-refractivity contribution in [3.05, 3.63) is 77.9 Å². The summed E-state index contributed by atoms with van der Waals surface area (Å²) >= 11 is 0. The predicted molar refractivity (Wildman–Crippen MR) is 111 cm³/mol. The number of benzene rings is 2. The van der Waals surface area contributed by atoms with Crippen molar-refractivity contribution in [2.75, 3.05) is 0 Å². The van der Waals surface area contributed by atoms with Crippen LogP contribution >= 0.6 is 0 Å². The fraction of sp³-hybridized carbons (Fsp3) is 0.227. The second kappa shape index (κ2) is 10.2. The van der Waals surface area contributed by atoms with Crippen molar-refractivity contribution in [3.8, 4) is 11.1 Å². The quantitative estimate of drug-likeness (QED) is 0.365. The topological polar surface area (TPSA) is 107 Å². The van der Waals surface area contributed by atoms with E-state index in [1.165, 1.54) is 11.9 Å². The third-order valence-corrected chi connectivity index (χ3v) is 4.55. The van der Waals surface area contributed by atoms with Crippen molar-refractivity contribution in [2.24, 2.45) is 0 Å². The van der Waals surface area contributed by atoms with Gasteiger partial charge in [0, 0.05) is 23.9 Å². The van der Waals surface area contributed by atoms with Crippen molar-refractivity contribution in [2.45, 2.75) is 33.2 Å². The maximum absolute atomic E-state index is 12.5. The molecule has 7 nitrogen and oxygen atoms in total. The molecule has 0 radical (unpaired) electrons. The van der Waals surface area contributed by atoms with Gasteiger partial charge in [0.05, 0.1) is 6.33 Å². The third kappa shape index (κ3) is 5.52. The van der Waals surface area contributed by atoms with Gasteiger partial charge in [-0.25, -0.2) is 10.5 Å². The van der Waals surface area contributed by atoms with Crippen LogP contribution < -0.4 is 10.8 Å². The maximum atomic E-state index is 12.5. The number of carbonyl (C=O) groups excluding carboxylic acids is 2. The number of nitrogens with one attached hydrogen (secondary N) is 3. The lowest BCUT2D eigenvalue weighted by atomic mass is 10.0. The predicted octanol–water partition coefficient (Wildman–Crippen LogP) is 3.12. The van der Waals surface area contributed by atoms with Crippen LogP contribution in [0.2, 0.25) is 0 Å². The number of H-pyrrole nitrogens is 1. The molecule has 1 heterocycles. The zero-order chi connectivity index (χ0) is 19.9. The summed E-state index contributed by atoms with van der Waals surface area (Å²) in [6.45, 7) is 2.11. The van der Waals surface area contributed by atoms with Crippen molar-refractivity contribution in [3.63, 3.8) is 0 Å². The van der Waals surface area contributed by atoms with Crippen molar-refractivity contribution in [1.29, 1.82) is 0 Å². The summed E-state index contributed by atoms with van der Waals surface area (Å²) in [7, 11) is 0. The summed E-state index contributed by atoms with van der Waals surface area (Å²) in [5.41, 5.74) is 6.02. The molecule has 3 aromatic rings. The largest absolute Gasteiger partial charge is 0.348 e. The summed E-state index contributed by atoms with van der Waals surface area (Å²) in [5.74, 6) is -1.10. The van der Waals surface area contributed by atoms with Gasteiger partial charge in [-0.3, -0.25) is 14.8 Å². The normalized spacial score (nSPS) is 11.2. The number of hydrogen-bond acceptors (Lipinski definition) is 4. The van der Waals surface area contributed by atoms with Gasteiger partial charge in [0.1, 0.15) is 6.04 Å². The Kier molecular flexibility index (Phi) is 7.68. The van der Waals surface area contributed by atoms with Gasteiger partial charge in [-0.05, 0) is 35.2 Å². The molecule has 152 valence electrons. The van der Waals surface area contributed by atoms with Crippen molar-refractivity contribution < 1.29 is 14.8 Å². The van der Waals surface area contributed by atoms with E-state index in [-0.39, 0.29) is 13.8 Å². The van der Waals surface area contributed by atoms with Crippen LogP contribution in [0.4, 0.5) is 0 Å². The first-order chi connectivity index (χ1) is 13.6. The van der Waals surface area contributed by atoms with Crippen LogP contribution in [0.5, 0.6) is 0 Å². The van der Waals surface area contributed by atoms with Gasteiger partial charge in [-0.2, -0.15) is 0 Å². The molecule has 2 aromatic carbocycles. The van der Waals surface area contributed by atoms with Gasteiger partial charge < -0.3 is 10.3 Å². The minimum atomic E-state index is -0.931. The Labute approximate surface area is 170 Å².